The molecule has 3 rings (SSSR count). The Hall–Kier alpha value is -1.84. The van der Waals surface area contributed by atoms with Gasteiger partial charge in [0.25, 0.3) is 5.91 Å². The minimum atomic E-state index is 0.00287. The predicted octanol–water partition coefficient (Wildman–Crippen LogP) is 2.71. The number of hydrogen-bond acceptors (Lipinski definition) is 2. The molecule has 2 aromatic heterocycles. The maximum absolute atomic E-state index is 12.4. The Bertz CT molecular complexity index is 596. The first-order valence-corrected chi connectivity index (χ1v) is 6.99. The molecule has 19 heavy (non-hydrogen) atoms. The second-order valence-corrected chi connectivity index (χ2v) is 5.32. The van der Waals surface area contributed by atoms with Gasteiger partial charge in [0.05, 0.1) is 5.56 Å². The zero-order chi connectivity index (χ0) is 13.2. The Labute approximate surface area is 112 Å². The van der Waals surface area contributed by atoms with E-state index in [1.807, 2.05) is 29.7 Å². The monoisotopic (exact) mass is 257 g/mol. The minimum Gasteiger partial charge on any atom is -0.349 e. The Morgan fingerprint density at radius 3 is 2.89 bits per heavy atom. The number of aryl methyl sites for hydroxylation is 1. The van der Waals surface area contributed by atoms with Crippen LogP contribution in [0, 0.1) is 6.92 Å². The molecular weight excluding hydrogens is 238 g/mol. The second-order valence-electron chi connectivity index (χ2n) is 5.32. The lowest BCUT2D eigenvalue weighted by molar-refractivity contribution is 0.0929. The van der Waals surface area contributed by atoms with E-state index >= 15 is 0 Å². The van der Waals surface area contributed by atoms with Gasteiger partial charge in [-0.1, -0.05) is 19.3 Å². The first kappa shape index (κ1) is 12.2. The lowest BCUT2D eigenvalue weighted by Gasteiger charge is -2.22. The third kappa shape index (κ3) is 2.35. The quantitative estimate of drug-likeness (QED) is 0.899. The van der Waals surface area contributed by atoms with E-state index in [0.717, 1.165) is 24.2 Å². The number of hydrogen-bond donors (Lipinski definition) is 1. The van der Waals surface area contributed by atoms with Crippen molar-refractivity contribution in [2.24, 2.45) is 0 Å². The van der Waals surface area contributed by atoms with Gasteiger partial charge in [-0.3, -0.25) is 4.79 Å². The third-order valence-corrected chi connectivity index (χ3v) is 3.94. The summed E-state index contributed by atoms with van der Waals surface area (Å²) in [6.45, 7) is 2.01. The predicted molar refractivity (Wildman–Crippen MR) is 74.3 cm³/mol. The fourth-order valence-electron chi connectivity index (χ4n) is 2.83. The molecule has 4 heteroatoms. The molecule has 0 atom stereocenters. The van der Waals surface area contributed by atoms with Crippen LogP contribution in [0.2, 0.25) is 0 Å². The normalized spacial score (nSPS) is 16.7. The highest BCUT2D eigenvalue weighted by molar-refractivity contribution is 6.00. The first-order valence-electron chi connectivity index (χ1n) is 6.99. The maximum atomic E-state index is 12.4. The highest BCUT2D eigenvalue weighted by Gasteiger charge is 2.18. The summed E-state index contributed by atoms with van der Waals surface area (Å²) in [4.78, 5) is 16.7. The van der Waals surface area contributed by atoms with Crippen molar-refractivity contribution >= 4 is 11.6 Å². The number of pyridine rings is 1. The Morgan fingerprint density at radius 1 is 1.32 bits per heavy atom. The van der Waals surface area contributed by atoms with Crippen molar-refractivity contribution in [3.8, 4) is 0 Å². The molecular formula is C15H19N3O. The third-order valence-electron chi connectivity index (χ3n) is 3.94. The number of nitrogens with zero attached hydrogens (tertiary/aromatic N) is 2. The summed E-state index contributed by atoms with van der Waals surface area (Å²) >= 11 is 0. The van der Waals surface area contributed by atoms with E-state index in [9.17, 15) is 4.79 Å². The molecule has 1 aliphatic rings. The number of carbonyl (C=O) groups excluding carboxylic acids is 1. The summed E-state index contributed by atoms with van der Waals surface area (Å²) in [5.74, 6) is 0.00287. The van der Waals surface area contributed by atoms with Gasteiger partial charge in [-0.15, -0.1) is 0 Å². The lowest BCUT2D eigenvalue weighted by atomic mass is 9.95. The Kier molecular flexibility index (Phi) is 3.23. The highest BCUT2D eigenvalue weighted by Crippen LogP contribution is 2.19. The van der Waals surface area contributed by atoms with Crippen LogP contribution >= 0.6 is 0 Å². The van der Waals surface area contributed by atoms with Gasteiger partial charge in [-0.05, 0) is 31.9 Å². The molecule has 2 heterocycles. The van der Waals surface area contributed by atoms with Crippen molar-refractivity contribution in [1.82, 2.24) is 14.7 Å². The van der Waals surface area contributed by atoms with Crippen LogP contribution in [-0.2, 0) is 0 Å². The van der Waals surface area contributed by atoms with Crippen LogP contribution in [0.15, 0.2) is 24.5 Å². The molecule has 0 aromatic carbocycles. The number of nitrogens with one attached hydrogen (secondary N) is 1. The summed E-state index contributed by atoms with van der Waals surface area (Å²) in [5.41, 5.74) is 2.50. The Balaban J connectivity index is 1.85. The van der Waals surface area contributed by atoms with E-state index in [1.165, 1.54) is 19.3 Å². The van der Waals surface area contributed by atoms with E-state index in [-0.39, 0.29) is 5.91 Å². The summed E-state index contributed by atoms with van der Waals surface area (Å²) in [6.07, 6.45) is 9.56. The number of rotatable bonds is 2. The standard InChI is InChI=1S/C15H19N3O/c1-11-7-8-13(14-16-9-10-18(11)14)15(19)17-12-5-3-2-4-6-12/h7-10,12H,2-6H2,1H3,(H,17,19). The van der Waals surface area contributed by atoms with E-state index in [2.05, 4.69) is 10.3 Å². The zero-order valence-electron chi connectivity index (χ0n) is 11.2. The largest absolute Gasteiger partial charge is 0.349 e. The van der Waals surface area contributed by atoms with Gasteiger partial charge in [0.1, 0.15) is 5.65 Å². The Morgan fingerprint density at radius 2 is 2.11 bits per heavy atom. The fourth-order valence-corrected chi connectivity index (χ4v) is 2.83. The first-order chi connectivity index (χ1) is 9.25. The van der Waals surface area contributed by atoms with Crippen molar-refractivity contribution in [3.63, 3.8) is 0 Å². The molecule has 0 spiro atoms. The summed E-state index contributed by atoms with van der Waals surface area (Å²) < 4.78 is 1.95. The van der Waals surface area contributed by atoms with Gasteiger partial charge in [0, 0.05) is 24.1 Å². The summed E-state index contributed by atoms with van der Waals surface area (Å²) in [7, 11) is 0. The summed E-state index contributed by atoms with van der Waals surface area (Å²) in [5, 5.41) is 3.14. The van der Waals surface area contributed by atoms with Gasteiger partial charge >= 0.3 is 0 Å². The van der Waals surface area contributed by atoms with Crippen molar-refractivity contribution in [2.45, 2.75) is 45.1 Å². The van der Waals surface area contributed by atoms with Crippen molar-refractivity contribution in [3.05, 3.63) is 35.8 Å². The molecule has 1 saturated carbocycles. The van der Waals surface area contributed by atoms with Gasteiger partial charge in [-0.2, -0.15) is 0 Å². The van der Waals surface area contributed by atoms with Gasteiger partial charge in [0.15, 0.2) is 0 Å². The van der Waals surface area contributed by atoms with Crippen LogP contribution in [-0.4, -0.2) is 21.3 Å². The number of fused-ring (bicyclic) bond motifs is 1. The van der Waals surface area contributed by atoms with E-state index in [0.29, 0.717) is 11.6 Å². The van der Waals surface area contributed by atoms with Crippen molar-refractivity contribution < 1.29 is 4.79 Å². The number of carbonyl (C=O) groups is 1. The number of amides is 1. The molecule has 0 bridgehead atoms. The van der Waals surface area contributed by atoms with Gasteiger partial charge in [-0.25, -0.2) is 4.98 Å². The molecule has 100 valence electrons. The summed E-state index contributed by atoms with van der Waals surface area (Å²) in [6, 6.07) is 4.16. The topological polar surface area (TPSA) is 46.4 Å². The SMILES string of the molecule is Cc1ccc(C(=O)NC2CCCCC2)c2nccn12. The lowest BCUT2D eigenvalue weighted by Crippen LogP contribution is -2.36. The smallest absolute Gasteiger partial charge is 0.255 e. The highest BCUT2D eigenvalue weighted by atomic mass is 16.1. The maximum Gasteiger partial charge on any atom is 0.255 e. The molecule has 0 saturated heterocycles. The molecule has 1 aliphatic carbocycles. The van der Waals surface area contributed by atoms with Crippen LogP contribution < -0.4 is 5.32 Å². The molecule has 1 N–H and O–H groups in total. The molecule has 0 aliphatic heterocycles. The van der Waals surface area contributed by atoms with Gasteiger partial charge < -0.3 is 9.72 Å². The van der Waals surface area contributed by atoms with Crippen molar-refractivity contribution in [1.29, 1.82) is 0 Å². The second kappa shape index (κ2) is 5.03. The molecule has 1 fully saturated rings. The fraction of sp³-hybridized carbons (Fsp3) is 0.467. The van der Waals surface area contributed by atoms with E-state index < -0.39 is 0 Å². The molecule has 4 nitrogen and oxygen atoms in total. The molecule has 2 aromatic rings. The van der Waals surface area contributed by atoms with Crippen LogP contribution in [0.5, 0.6) is 0 Å². The molecule has 1 amide bonds. The average molecular weight is 257 g/mol. The number of aromatic nitrogens is 2. The van der Waals surface area contributed by atoms with Crippen LogP contribution in [0.3, 0.4) is 0 Å². The average Bonchev–Trinajstić information content (AvgIpc) is 2.90. The van der Waals surface area contributed by atoms with Gasteiger partial charge in [0.2, 0.25) is 0 Å². The van der Waals surface area contributed by atoms with Crippen LogP contribution in [0.4, 0.5) is 0 Å². The van der Waals surface area contributed by atoms with Crippen LogP contribution in [0.25, 0.3) is 5.65 Å². The van der Waals surface area contributed by atoms with E-state index in [1.54, 1.807) is 6.20 Å². The molecule has 0 unspecified atom stereocenters. The van der Waals surface area contributed by atoms with Crippen molar-refractivity contribution in [2.75, 3.05) is 0 Å². The minimum absolute atomic E-state index is 0.00287. The number of imidazole rings is 1. The van der Waals surface area contributed by atoms with Crippen LogP contribution in [0.1, 0.15) is 48.2 Å². The van der Waals surface area contributed by atoms with E-state index in [4.69, 9.17) is 0 Å². The molecule has 0 radical (unpaired) electrons. The zero-order valence-corrected chi connectivity index (χ0v) is 11.2.